The molecule has 3 heterocycles. The number of aromatic amines is 1. The van der Waals surface area contributed by atoms with E-state index in [-0.39, 0.29) is 35.3 Å². The highest BCUT2D eigenvalue weighted by Gasteiger charge is 2.35. The van der Waals surface area contributed by atoms with E-state index in [0.29, 0.717) is 11.6 Å². The van der Waals surface area contributed by atoms with Crippen molar-refractivity contribution in [2.45, 2.75) is 51.5 Å². The second-order valence-corrected chi connectivity index (χ2v) is 7.85. The van der Waals surface area contributed by atoms with Crippen molar-refractivity contribution in [1.82, 2.24) is 9.97 Å². The van der Waals surface area contributed by atoms with Crippen molar-refractivity contribution in [2.75, 3.05) is 22.1 Å². The van der Waals surface area contributed by atoms with Crippen LogP contribution in [0.25, 0.3) is 0 Å². The molecule has 1 saturated heterocycles. The van der Waals surface area contributed by atoms with E-state index < -0.39 is 11.8 Å². The number of anilines is 3. The molecular weight excluding hydrogens is 370 g/mol. The number of piperidine rings is 1. The van der Waals surface area contributed by atoms with E-state index in [1.165, 1.54) is 0 Å². The first-order valence-corrected chi connectivity index (χ1v) is 10.0. The molecule has 0 aliphatic carbocycles. The third-order valence-corrected chi connectivity index (χ3v) is 5.62. The first-order valence-electron chi connectivity index (χ1n) is 10.0. The van der Waals surface area contributed by atoms with Gasteiger partial charge in [0.15, 0.2) is 0 Å². The molecule has 3 N–H and O–H groups in total. The number of benzene rings is 1. The summed E-state index contributed by atoms with van der Waals surface area (Å²) in [6, 6.07) is 7.64. The van der Waals surface area contributed by atoms with Crippen molar-refractivity contribution in [2.24, 2.45) is 0 Å². The number of H-pyrrole nitrogens is 1. The van der Waals surface area contributed by atoms with Crippen LogP contribution in [-0.2, 0) is 9.59 Å². The molecule has 1 aromatic carbocycles. The zero-order valence-corrected chi connectivity index (χ0v) is 16.6. The Kier molecular flexibility index (Phi) is 5.08. The maximum Gasteiger partial charge on any atom is 0.258 e. The summed E-state index contributed by atoms with van der Waals surface area (Å²) in [4.78, 5) is 47.5. The average Bonchev–Trinajstić information content (AvgIpc) is 2.67. The normalized spacial score (nSPS) is 21.3. The minimum atomic E-state index is -0.886. The first-order chi connectivity index (χ1) is 13.9. The Hall–Kier alpha value is -3.16. The van der Waals surface area contributed by atoms with Crippen LogP contribution in [0.2, 0.25) is 0 Å². The molecule has 2 aliphatic rings. The number of carbonyl (C=O) groups is 2. The molecule has 0 unspecified atom stereocenters. The van der Waals surface area contributed by atoms with Crippen molar-refractivity contribution >= 4 is 29.3 Å². The minimum Gasteiger partial charge on any atom is -0.340 e. The predicted molar refractivity (Wildman–Crippen MR) is 111 cm³/mol. The molecule has 0 bridgehead atoms. The monoisotopic (exact) mass is 395 g/mol. The summed E-state index contributed by atoms with van der Waals surface area (Å²) in [6.45, 7) is 4.82. The summed E-state index contributed by atoms with van der Waals surface area (Å²) in [6.07, 6.45) is 3.10. The fraction of sp³-hybridized carbons (Fsp3) is 0.429. The average molecular weight is 395 g/mol. The third-order valence-electron chi connectivity index (χ3n) is 5.62. The van der Waals surface area contributed by atoms with Crippen LogP contribution in [0, 0.1) is 6.92 Å². The molecule has 0 saturated carbocycles. The maximum atomic E-state index is 12.9. The highest BCUT2D eigenvalue weighted by molar-refractivity contribution is 6.04. The molecule has 8 heteroatoms. The van der Waals surface area contributed by atoms with Crippen LogP contribution in [0.15, 0.2) is 29.1 Å². The molecular formula is C21H25N5O3. The van der Waals surface area contributed by atoms with Gasteiger partial charge in [-0.2, -0.15) is 4.98 Å². The van der Waals surface area contributed by atoms with Gasteiger partial charge in [0.05, 0.1) is 11.5 Å². The zero-order valence-electron chi connectivity index (χ0n) is 16.6. The molecule has 8 nitrogen and oxygen atoms in total. The number of aryl methyl sites for hydroxylation is 1. The lowest BCUT2D eigenvalue weighted by Gasteiger charge is -2.34. The number of nitrogens with zero attached hydrogens (tertiary/aromatic N) is 2. The Balaban J connectivity index is 1.66. The van der Waals surface area contributed by atoms with Gasteiger partial charge in [0.25, 0.3) is 5.56 Å². The van der Waals surface area contributed by atoms with Crippen molar-refractivity contribution in [3.05, 3.63) is 45.7 Å². The Bertz CT molecular complexity index is 1020. The van der Waals surface area contributed by atoms with Gasteiger partial charge in [-0.05, 0) is 50.8 Å². The van der Waals surface area contributed by atoms with Crippen LogP contribution in [0.1, 0.15) is 49.7 Å². The van der Waals surface area contributed by atoms with Gasteiger partial charge in [-0.1, -0.05) is 12.1 Å². The lowest BCUT2D eigenvalue weighted by atomic mass is 9.92. The second kappa shape index (κ2) is 7.69. The number of fused-ring (bicyclic) bond motifs is 1. The number of rotatable bonds is 3. The standard InChI is InChI=1S/C21H25N5O3/c1-12-6-5-8-14(10-12)22-19(28)15-11-16(27)23-18-17(15)20(29)25-21(24-18)26-9-4-3-7-13(26)2/h5-6,8,10,13,15H,3-4,7,9,11H2,1-2H3,(H,22,28)(H2,23,24,25,27,29)/t13-,15+/m0/s1. The summed E-state index contributed by atoms with van der Waals surface area (Å²) in [5.41, 5.74) is 1.46. The highest BCUT2D eigenvalue weighted by Crippen LogP contribution is 2.31. The van der Waals surface area contributed by atoms with Crippen LogP contribution in [0.3, 0.4) is 0 Å². The lowest BCUT2D eigenvalue weighted by molar-refractivity contribution is -0.123. The van der Waals surface area contributed by atoms with Crippen molar-refractivity contribution in [3.63, 3.8) is 0 Å². The molecule has 0 radical (unpaired) electrons. The van der Waals surface area contributed by atoms with Gasteiger partial charge in [-0.3, -0.25) is 19.4 Å². The van der Waals surface area contributed by atoms with Crippen LogP contribution < -0.4 is 21.1 Å². The van der Waals surface area contributed by atoms with Crippen LogP contribution >= 0.6 is 0 Å². The summed E-state index contributed by atoms with van der Waals surface area (Å²) in [5.74, 6) is -0.970. The summed E-state index contributed by atoms with van der Waals surface area (Å²) in [7, 11) is 0. The van der Waals surface area contributed by atoms with Crippen molar-refractivity contribution in [1.29, 1.82) is 0 Å². The molecule has 2 aromatic rings. The van der Waals surface area contributed by atoms with Crippen molar-refractivity contribution in [3.8, 4) is 0 Å². The summed E-state index contributed by atoms with van der Waals surface area (Å²) in [5, 5.41) is 5.49. The fourth-order valence-corrected chi connectivity index (χ4v) is 4.08. The van der Waals surface area contributed by atoms with Gasteiger partial charge < -0.3 is 15.5 Å². The molecule has 152 valence electrons. The van der Waals surface area contributed by atoms with E-state index in [9.17, 15) is 14.4 Å². The molecule has 2 amide bonds. The smallest absolute Gasteiger partial charge is 0.258 e. The topological polar surface area (TPSA) is 107 Å². The Morgan fingerprint density at radius 2 is 2.10 bits per heavy atom. The number of hydrogen-bond donors (Lipinski definition) is 3. The number of hydrogen-bond acceptors (Lipinski definition) is 5. The third kappa shape index (κ3) is 3.87. The van der Waals surface area contributed by atoms with Crippen LogP contribution in [0.5, 0.6) is 0 Å². The molecule has 29 heavy (non-hydrogen) atoms. The maximum absolute atomic E-state index is 12.9. The molecule has 1 aromatic heterocycles. The van der Waals surface area contributed by atoms with Crippen LogP contribution in [-0.4, -0.2) is 34.4 Å². The Morgan fingerprint density at radius 1 is 1.28 bits per heavy atom. The second-order valence-electron chi connectivity index (χ2n) is 7.85. The SMILES string of the molecule is Cc1cccc(NC(=O)[C@@H]2CC(=O)Nc3nc(N4CCCC[C@@H]4C)[nH]c(=O)c32)c1. The van der Waals surface area contributed by atoms with Gasteiger partial charge in [0.1, 0.15) is 5.82 Å². The van der Waals surface area contributed by atoms with E-state index in [2.05, 4.69) is 27.5 Å². The van der Waals surface area contributed by atoms with E-state index in [1.807, 2.05) is 30.0 Å². The van der Waals surface area contributed by atoms with Gasteiger partial charge in [0, 0.05) is 24.7 Å². The first kappa shape index (κ1) is 19.2. The lowest BCUT2D eigenvalue weighted by Crippen LogP contribution is -2.42. The number of nitrogens with one attached hydrogen (secondary N) is 3. The van der Waals surface area contributed by atoms with E-state index in [0.717, 1.165) is 31.4 Å². The predicted octanol–water partition coefficient (Wildman–Crippen LogP) is 2.52. The molecule has 2 atom stereocenters. The summed E-state index contributed by atoms with van der Waals surface area (Å²) < 4.78 is 0. The van der Waals surface area contributed by atoms with E-state index in [4.69, 9.17) is 0 Å². The number of carbonyl (C=O) groups excluding carboxylic acids is 2. The fourth-order valence-electron chi connectivity index (χ4n) is 4.08. The summed E-state index contributed by atoms with van der Waals surface area (Å²) >= 11 is 0. The van der Waals surface area contributed by atoms with E-state index in [1.54, 1.807) is 6.07 Å². The van der Waals surface area contributed by atoms with Gasteiger partial charge >= 0.3 is 0 Å². The molecule has 1 fully saturated rings. The molecule has 2 aliphatic heterocycles. The minimum absolute atomic E-state index is 0.0884. The quantitative estimate of drug-likeness (QED) is 0.740. The molecule has 4 rings (SSSR count). The van der Waals surface area contributed by atoms with Gasteiger partial charge in [-0.25, -0.2) is 0 Å². The van der Waals surface area contributed by atoms with Crippen LogP contribution in [0.4, 0.5) is 17.5 Å². The number of aromatic nitrogens is 2. The highest BCUT2D eigenvalue weighted by atomic mass is 16.2. The Labute approximate surface area is 168 Å². The largest absolute Gasteiger partial charge is 0.340 e. The number of amides is 2. The van der Waals surface area contributed by atoms with E-state index >= 15 is 0 Å². The zero-order chi connectivity index (χ0) is 20.5. The van der Waals surface area contributed by atoms with Crippen molar-refractivity contribution < 1.29 is 9.59 Å². The van der Waals surface area contributed by atoms with Gasteiger partial charge in [0.2, 0.25) is 17.8 Å². The molecule has 0 spiro atoms. The Morgan fingerprint density at radius 3 is 2.86 bits per heavy atom. The van der Waals surface area contributed by atoms with Gasteiger partial charge in [-0.15, -0.1) is 0 Å².